The Hall–Kier alpha value is -1.26. The van der Waals surface area contributed by atoms with Gasteiger partial charge in [-0.25, -0.2) is 4.79 Å². The number of hydrogen-bond donors (Lipinski definition) is 0. The highest BCUT2D eigenvalue weighted by Crippen LogP contribution is 2.29. The zero-order chi connectivity index (χ0) is 12.4. The van der Waals surface area contributed by atoms with Crippen LogP contribution in [0.25, 0.3) is 0 Å². The van der Waals surface area contributed by atoms with Gasteiger partial charge in [0, 0.05) is 12.0 Å². The molecule has 0 radical (unpaired) electrons. The maximum absolute atomic E-state index is 11.3. The Morgan fingerprint density at radius 1 is 1.47 bits per heavy atom. The Labute approximate surface area is 108 Å². The van der Waals surface area contributed by atoms with E-state index >= 15 is 0 Å². The highest BCUT2D eigenvalue weighted by Gasteiger charge is 2.31. The number of rotatable bonds is 2. The third-order valence-electron chi connectivity index (χ3n) is 2.38. The van der Waals surface area contributed by atoms with Crippen LogP contribution in [0.2, 0.25) is 10.0 Å². The normalized spacial score (nSPS) is 18.5. The number of hydrogen-bond acceptors (Lipinski definition) is 4. The summed E-state index contributed by atoms with van der Waals surface area (Å²) in [6.07, 6.45) is -0.418. The predicted molar refractivity (Wildman–Crippen MR) is 64.5 cm³/mol. The van der Waals surface area contributed by atoms with E-state index in [-0.39, 0.29) is 0 Å². The van der Waals surface area contributed by atoms with Crippen LogP contribution < -0.4 is 0 Å². The average molecular weight is 274 g/mol. The number of nitrogens with zero attached hydrogens (tertiary/aromatic N) is 1. The second-order valence-electron chi connectivity index (χ2n) is 3.46. The Morgan fingerprint density at radius 2 is 2.12 bits per heavy atom. The molecule has 0 fully saturated rings. The van der Waals surface area contributed by atoms with Gasteiger partial charge in [-0.05, 0) is 12.1 Å². The number of carbonyl (C=O) groups excluding carboxylic acids is 1. The lowest BCUT2D eigenvalue weighted by molar-refractivity contribution is -0.152. The van der Waals surface area contributed by atoms with Gasteiger partial charge >= 0.3 is 5.97 Å². The monoisotopic (exact) mass is 273 g/mol. The van der Waals surface area contributed by atoms with Crippen molar-refractivity contribution in [2.24, 2.45) is 5.16 Å². The molecule has 0 aromatic heterocycles. The van der Waals surface area contributed by atoms with Crippen LogP contribution in [-0.2, 0) is 14.4 Å². The van der Waals surface area contributed by atoms with Crippen LogP contribution in [0.4, 0.5) is 0 Å². The quantitative estimate of drug-likeness (QED) is 0.779. The molecule has 2 rings (SSSR count). The van der Waals surface area contributed by atoms with Crippen LogP contribution in [0.15, 0.2) is 23.4 Å². The summed E-state index contributed by atoms with van der Waals surface area (Å²) >= 11 is 12.1. The van der Waals surface area contributed by atoms with Crippen LogP contribution in [-0.4, -0.2) is 24.9 Å². The Morgan fingerprint density at radius 3 is 2.71 bits per heavy atom. The maximum atomic E-state index is 11.3. The van der Waals surface area contributed by atoms with E-state index in [0.717, 1.165) is 0 Å². The van der Waals surface area contributed by atoms with E-state index < -0.39 is 12.1 Å². The summed E-state index contributed by atoms with van der Waals surface area (Å²) in [7, 11) is 1.30. The third-order valence-corrected chi connectivity index (χ3v) is 3.01. The van der Waals surface area contributed by atoms with Gasteiger partial charge in [-0.1, -0.05) is 34.4 Å². The lowest BCUT2D eigenvalue weighted by Crippen LogP contribution is -2.22. The Bertz CT molecular complexity index is 467. The molecule has 6 heteroatoms. The maximum Gasteiger partial charge on any atom is 0.350 e. The topological polar surface area (TPSA) is 47.9 Å². The lowest BCUT2D eigenvalue weighted by Gasteiger charge is -2.06. The van der Waals surface area contributed by atoms with Crippen molar-refractivity contribution >= 4 is 34.9 Å². The van der Waals surface area contributed by atoms with Crippen molar-refractivity contribution < 1.29 is 14.4 Å². The zero-order valence-electron chi connectivity index (χ0n) is 8.94. The van der Waals surface area contributed by atoms with Crippen molar-refractivity contribution in [2.45, 2.75) is 12.5 Å². The molecule has 0 amide bonds. The fraction of sp³-hybridized carbons (Fsp3) is 0.273. The van der Waals surface area contributed by atoms with Crippen molar-refractivity contribution in [1.29, 1.82) is 0 Å². The molecule has 1 aliphatic heterocycles. The number of carbonyl (C=O) groups is 1. The predicted octanol–water partition coefficient (Wildman–Crippen LogP) is 2.66. The first-order valence-corrected chi connectivity index (χ1v) is 5.64. The SMILES string of the molecule is COC(=O)[C@@H]1CC(c2c(Cl)cccc2Cl)=NO1. The van der Waals surface area contributed by atoms with E-state index in [2.05, 4.69) is 9.89 Å². The van der Waals surface area contributed by atoms with Gasteiger partial charge in [-0.3, -0.25) is 0 Å². The molecule has 1 aromatic carbocycles. The number of methoxy groups -OCH3 is 1. The summed E-state index contributed by atoms with van der Waals surface area (Å²) in [5.74, 6) is -0.466. The smallest absolute Gasteiger partial charge is 0.350 e. The molecular formula is C11H9Cl2NO3. The van der Waals surface area contributed by atoms with E-state index in [4.69, 9.17) is 28.0 Å². The van der Waals surface area contributed by atoms with Crippen molar-refractivity contribution in [2.75, 3.05) is 7.11 Å². The molecule has 0 spiro atoms. The first-order chi connectivity index (χ1) is 8.13. The number of ether oxygens (including phenoxy) is 1. The second-order valence-corrected chi connectivity index (χ2v) is 4.27. The average Bonchev–Trinajstić information content (AvgIpc) is 2.77. The van der Waals surface area contributed by atoms with Crippen LogP contribution in [0.5, 0.6) is 0 Å². The standard InChI is InChI=1S/C11H9Cl2NO3/c1-16-11(15)9-5-8(14-17-9)10-6(12)3-2-4-7(10)13/h2-4,9H,5H2,1H3/t9-/m0/s1. The molecule has 0 unspecified atom stereocenters. The van der Waals surface area contributed by atoms with Crippen LogP contribution in [0.3, 0.4) is 0 Å². The fourth-order valence-electron chi connectivity index (χ4n) is 1.56. The van der Waals surface area contributed by atoms with Crippen molar-refractivity contribution in [3.8, 4) is 0 Å². The van der Waals surface area contributed by atoms with Gasteiger partial charge < -0.3 is 9.57 Å². The lowest BCUT2D eigenvalue weighted by atomic mass is 10.0. The summed E-state index contributed by atoms with van der Waals surface area (Å²) < 4.78 is 4.58. The Balaban J connectivity index is 2.24. The second kappa shape index (κ2) is 4.94. The minimum Gasteiger partial charge on any atom is -0.466 e. The fourth-order valence-corrected chi connectivity index (χ4v) is 2.17. The van der Waals surface area contributed by atoms with Crippen LogP contribution in [0, 0.1) is 0 Å². The van der Waals surface area contributed by atoms with Gasteiger partial charge in [0.1, 0.15) is 0 Å². The van der Waals surface area contributed by atoms with E-state index in [1.807, 2.05) is 0 Å². The number of esters is 1. The number of oxime groups is 1. The van der Waals surface area contributed by atoms with Crippen molar-refractivity contribution in [3.63, 3.8) is 0 Å². The number of halogens is 2. The molecule has 90 valence electrons. The molecule has 1 aliphatic rings. The van der Waals surface area contributed by atoms with E-state index in [9.17, 15) is 4.79 Å². The zero-order valence-corrected chi connectivity index (χ0v) is 10.5. The molecule has 4 nitrogen and oxygen atoms in total. The van der Waals surface area contributed by atoms with Gasteiger partial charge in [-0.15, -0.1) is 0 Å². The number of benzene rings is 1. The summed E-state index contributed by atoms with van der Waals surface area (Å²) in [6.45, 7) is 0. The van der Waals surface area contributed by atoms with Crippen molar-refractivity contribution in [1.82, 2.24) is 0 Å². The largest absolute Gasteiger partial charge is 0.466 e. The van der Waals surface area contributed by atoms with Gasteiger partial charge in [0.15, 0.2) is 0 Å². The van der Waals surface area contributed by atoms with Gasteiger partial charge in [0.2, 0.25) is 6.10 Å². The molecule has 0 bridgehead atoms. The summed E-state index contributed by atoms with van der Waals surface area (Å²) in [6, 6.07) is 5.15. The first kappa shape index (κ1) is 12.2. The van der Waals surface area contributed by atoms with Gasteiger partial charge in [0.05, 0.1) is 22.9 Å². The molecule has 1 heterocycles. The van der Waals surface area contributed by atoms with E-state index in [0.29, 0.717) is 27.7 Å². The highest BCUT2D eigenvalue weighted by atomic mass is 35.5. The third kappa shape index (κ3) is 2.37. The molecule has 0 saturated heterocycles. The molecule has 0 aliphatic carbocycles. The molecule has 17 heavy (non-hydrogen) atoms. The highest BCUT2D eigenvalue weighted by molar-refractivity contribution is 6.40. The minimum atomic E-state index is -0.720. The Kier molecular flexibility index (Phi) is 3.54. The van der Waals surface area contributed by atoms with Crippen LogP contribution >= 0.6 is 23.2 Å². The van der Waals surface area contributed by atoms with Gasteiger partial charge in [0.25, 0.3) is 0 Å². The molecule has 0 saturated carbocycles. The van der Waals surface area contributed by atoms with E-state index in [1.54, 1.807) is 18.2 Å². The first-order valence-electron chi connectivity index (χ1n) is 4.88. The van der Waals surface area contributed by atoms with Crippen molar-refractivity contribution in [3.05, 3.63) is 33.8 Å². The summed E-state index contributed by atoms with van der Waals surface area (Å²) in [5, 5.41) is 4.78. The molecule has 0 N–H and O–H groups in total. The summed E-state index contributed by atoms with van der Waals surface area (Å²) in [4.78, 5) is 16.3. The van der Waals surface area contributed by atoms with E-state index in [1.165, 1.54) is 7.11 Å². The van der Waals surface area contributed by atoms with Crippen LogP contribution in [0.1, 0.15) is 12.0 Å². The molecular weight excluding hydrogens is 265 g/mol. The molecule has 1 atom stereocenters. The minimum absolute atomic E-state index is 0.302. The van der Waals surface area contributed by atoms with Gasteiger partial charge in [-0.2, -0.15) is 0 Å². The summed E-state index contributed by atoms with van der Waals surface area (Å²) in [5.41, 5.74) is 1.15. The molecule has 1 aromatic rings.